The summed E-state index contributed by atoms with van der Waals surface area (Å²) in [5.41, 5.74) is 2.04. The van der Waals surface area contributed by atoms with Gasteiger partial charge in [-0.3, -0.25) is 4.79 Å². The zero-order valence-electron chi connectivity index (χ0n) is 18.8. The van der Waals surface area contributed by atoms with Gasteiger partial charge >= 0.3 is 12.1 Å². The molecular formula is C24H24N2O6S2. The Morgan fingerprint density at radius 1 is 1.06 bits per heavy atom. The largest absolute Gasteiger partial charge is 0.457 e. The van der Waals surface area contributed by atoms with Crippen molar-refractivity contribution in [1.29, 1.82) is 0 Å². The van der Waals surface area contributed by atoms with Crippen molar-refractivity contribution in [3.63, 3.8) is 0 Å². The Kier molecular flexibility index (Phi) is 7.38. The molecule has 2 aromatic rings. The number of cyclic esters (lactones) is 1. The Labute approximate surface area is 207 Å². The number of ether oxygens (including phenoxy) is 2. The van der Waals surface area contributed by atoms with Crippen molar-refractivity contribution in [2.45, 2.75) is 38.0 Å². The first-order chi connectivity index (χ1) is 16.3. The van der Waals surface area contributed by atoms with Crippen LogP contribution in [0.25, 0.3) is 0 Å². The molecule has 0 radical (unpaired) electrons. The smallest absolute Gasteiger partial charge is 0.410 e. The Hall–Kier alpha value is -3.11. The molecule has 2 unspecified atom stereocenters. The summed E-state index contributed by atoms with van der Waals surface area (Å²) in [7, 11) is 0. The molecule has 0 bridgehead atoms. The first-order valence-corrected chi connectivity index (χ1v) is 12.1. The number of benzene rings is 2. The fraction of sp³-hybridized carbons (Fsp3) is 0.333. The van der Waals surface area contributed by atoms with Crippen molar-refractivity contribution in [2.24, 2.45) is 0 Å². The predicted molar refractivity (Wildman–Crippen MR) is 130 cm³/mol. The molecule has 2 aliphatic heterocycles. The van der Waals surface area contributed by atoms with Gasteiger partial charge in [0.05, 0.1) is 11.3 Å². The van der Waals surface area contributed by atoms with Crippen LogP contribution in [0.4, 0.5) is 4.79 Å². The van der Waals surface area contributed by atoms with Gasteiger partial charge in [-0.15, -0.1) is 5.06 Å². The minimum atomic E-state index is -0.586. The molecule has 34 heavy (non-hydrogen) atoms. The van der Waals surface area contributed by atoms with E-state index >= 15 is 0 Å². The lowest BCUT2D eigenvalue weighted by Crippen LogP contribution is -2.34. The molecule has 2 amide bonds. The van der Waals surface area contributed by atoms with Crippen molar-refractivity contribution in [3.8, 4) is 11.5 Å². The Morgan fingerprint density at radius 3 is 2.21 bits per heavy atom. The van der Waals surface area contributed by atoms with E-state index in [4.69, 9.17) is 26.5 Å². The summed E-state index contributed by atoms with van der Waals surface area (Å²) in [6.45, 7) is 4.22. The highest BCUT2D eigenvalue weighted by Crippen LogP contribution is 2.31. The number of amides is 2. The molecular weight excluding hydrogens is 476 g/mol. The SMILES string of the molecule is CCN1C(=O)OCC1Cc1ccc(Oc2ccc(CC3SC(=S)N(OC(C)=O)C3=O)cc2)cc1. The van der Waals surface area contributed by atoms with E-state index in [1.807, 2.05) is 55.5 Å². The number of nitrogens with zero attached hydrogens (tertiary/aromatic N) is 2. The summed E-state index contributed by atoms with van der Waals surface area (Å²) in [4.78, 5) is 41.9. The Bertz CT molecular complexity index is 1090. The number of thiocarbonyl (C=S) groups is 1. The maximum atomic E-state index is 12.4. The molecule has 2 aliphatic rings. The van der Waals surface area contributed by atoms with E-state index in [-0.39, 0.29) is 22.4 Å². The lowest BCUT2D eigenvalue weighted by molar-refractivity contribution is -0.178. The number of hydrogen-bond donors (Lipinski definition) is 0. The number of carbonyl (C=O) groups is 3. The van der Waals surface area contributed by atoms with Gasteiger partial charge in [0.1, 0.15) is 18.1 Å². The molecule has 2 atom stereocenters. The van der Waals surface area contributed by atoms with Gasteiger partial charge in [-0.1, -0.05) is 36.0 Å². The maximum Gasteiger partial charge on any atom is 0.410 e. The van der Waals surface area contributed by atoms with Crippen LogP contribution in [0.3, 0.4) is 0 Å². The topological polar surface area (TPSA) is 85.4 Å². The molecule has 2 aromatic carbocycles. The number of carbonyl (C=O) groups excluding carboxylic acids is 3. The first-order valence-electron chi connectivity index (χ1n) is 10.9. The van der Waals surface area contributed by atoms with E-state index in [9.17, 15) is 14.4 Å². The third kappa shape index (κ3) is 5.51. The van der Waals surface area contributed by atoms with Crippen molar-refractivity contribution < 1.29 is 28.7 Å². The fourth-order valence-electron chi connectivity index (χ4n) is 3.84. The normalized spacial score (nSPS) is 20.0. The highest BCUT2D eigenvalue weighted by Gasteiger charge is 2.39. The fourth-order valence-corrected chi connectivity index (χ4v) is 5.25. The molecule has 0 aliphatic carbocycles. The van der Waals surface area contributed by atoms with Crippen molar-refractivity contribution in [3.05, 3.63) is 59.7 Å². The summed E-state index contributed by atoms with van der Waals surface area (Å²) in [5.74, 6) is 0.454. The zero-order valence-corrected chi connectivity index (χ0v) is 20.4. The van der Waals surface area contributed by atoms with Crippen LogP contribution in [-0.2, 0) is 32.0 Å². The summed E-state index contributed by atoms with van der Waals surface area (Å²) in [6.07, 6.45) is 0.930. The van der Waals surface area contributed by atoms with Crippen molar-refractivity contribution >= 4 is 46.3 Å². The molecule has 178 valence electrons. The van der Waals surface area contributed by atoms with E-state index in [0.29, 0.717) is 31.1 Å². The third-order valence-corrected chi connectivity index (χ3v) is 6.97. The van der Waals surface area contributed by atoms with Gasteiger partial charge in [0.2, 0.25) is 0 Å². The molecule has 4 rings (SSSR count). The van der Waals surface area contributed by atoms with E-state index in [2.05, 4.69) is 0 Å². The minimum Gasteiger partial charge on any atom is -0.457 e. The molecule has 10 heteroatoms. The van der Waals surface area contributed by atoms with Gasteiger partial charge in [0, 0.05) is 13.5 Å². The highest BCUT2D eigenvalue weighted by atomic mass is 32.2. The van der Waals surface area contributed by atoms with Gasteiger partial charge in [0.15, 0.2) is 4.32 Å². The average Bonchev–Trinajstić information content (AvgIpc) is 3.29. The number of rotatable bonds is 8. The molecule has 0 saturated carbocycles. The number of thioether (sulfide) groups is 1. The Morgan fingerprint density at radius 2 is 1.65 bits per heavy atom. The summed E-state index contributed by atoms with van der Waals surface area (Å²) >= 11 is 6.35. The van der Waals surface area contributed by atoms with Crippen LogP contribution in [0.5, 0.6) is 11.5 Å². The van der Waals surface area contributed by atoms with Crippen molar-refractivity contribution in [2.75, 3.05) is 13.2 Å². The van der Waals surface area contributed by atoms with Gasteiger partial charge in [-0.05, 0) is 67.4 Å². The molecule has 0 aromatic heterocycles. The maximum absolute atomic E-state index is 12.4. The van der Waals surface area contributed by atoms with Gasteiger partial charge in [0.25, 0.3) is 5.91 Å². The standard InChI is InChI=1S/C24H24N2O6S2/c1-3-25-18(14-30-23(25)29)12-16-4-8-19(9-5-16)31-20-10-6-17(7-11-20)13-21-22(28)26(24(33)34-21)32-15(2)27/h4-11,18,21H,3,12-14H2,1-2H3. The average molecular weight is 501 g/mol. The number of likely N-dealkylation sites (N-methyl/N-ethyl adjacent to an activating group) is 1. The molecule has 8 nitrogen and oxygen atoms in total. The summed E-state index contributed by atoms with van der Waals surface area (Å²) in [6, 6.07) is 15.3. The lowest BCUT2D eigenvalue weighted by atomic mass is 10.1. The van der Waals surface area contributed by atoms with E-state index in [0.717, 1.165) is 22.6 Å². The van der Waals surface area contributed by atoms with Crippen LogP contribution >= 0.6 is 24.0 Å². The van der Waals surface area contributed by atoms with Crippen LogP contribution < -0.4 is 4.74 Å². The quantitative estimate of drug-likeness (QED) is 0.501. The van der Waals surface area contributed by atoms with E-state index < -0.39 is 11.2 Å². The van der Waals surface area contributed by atoms with Gasteiger partial charge in [-0.2, -0.15) is 0 Å². The summed E-state index contributed by atoms with van der Waals surface area (Å²) in [5, 5.41) is 0.460. The van der Waals surface area contributed by atoms with Crippen LogP contribution in [0, 0.1) is 0 Å². The first kappa shape index (κ1) is 24.0. The number of hydroxylamine groups is 2. The monoisotopic (exact) mass is 500 g/mol. The highest BCUT2D eigenvalue weighted by molar-refractivity contribution is 8.24. The second-order valence-electron chi connectivity index (χ2n) is 7.90. The van der Waals surface area contributed by atoms with Crippen LogP contribution in [-0.4, -0.2) is 56.7 Å². The Balaban J connectivity index is 1.31. The molecule has 2 heterocycles. The zero-order chi connectivity index (χ0) is 24.2. The summed E-state index contributed by atoms with van der Waals surface area (Å²) < 4.78 is 11.3. The lowest BCUT2D eigenvalue weighted by Gasteiger charge is -2.19. The molecule has 2 saturated heterocycles. The third-order valence-electron chi connectivity index (χ3n) is 5.49. The van der Waals surface area contributed by atoms with E-state index in [1.54, 1.807) is 4.90 Å². The second-order valence-corrected chi connectivity index (χ2v) is 9.74. The van der Waals surface area contributed by atoms with Crippen LogP contribution in [0.15, 0.2) is 48.5 Å². The van der Waals surface area contributed by atoms with Gasteiger partial charge in [-0.25, -0.2) is 9.59 Å². The van der Waals surface area contributed by atoms with Crippen LogP contribution in [0.2, 0.25) is 0 Å². The second kappa shape index (κ2) is 10.4. The van der Waals surface area contributed by atoms with E-state index in [1.165, 1.54) is 18.7 Å². The van der Waals surface area contributed by atoms with Crippen molar-refractivity contribution in [1.82, 2.24) is 9.96 Å². The molecule has 2 fully saturated rings. The molecule has 0 N–H and O–H groups in total. The predicted octanol–water partition coefficient (Wildman–Crippen LogP) is 4.11. The number of hydrogen-bond acceptors (Lipinski definition) is 8. The van der Waals surface area contributed by atoms with Gasteiger partial charge < -0.3 is 19.2 Å². The van der Waals surface area contributed by atoms with Crippen LogP contribution in [0.1, 0.15) is 25.0 Å². The minimum absolute atomic E-state index is 0.0529. The molecule has 0 spiro atoms.